The quantitative estimate of drug-likeness (QED) is 0.734. The van der Waals surface area contributed by atoms with Gasteiger partial charge in [0, 0.05) is 25.7 Å². The molecule has 0 atom stereocenters. The molecule has 1 aliphatic carbocycles. The van der Waals surface area contributed by atoms with Gasteiger partial charge in [0.15, 0.2) is 0 Å². The van der Waals surface area contributed by atoms with Crippen molar-refractivity contribution in [3.05, 3.63) is 35.9 Å². The fourth-order valence-corrected chi connectivity index (χ4v) is 5.14. The zero-order chi connectivity index (χ0) is 21.3. The Kier molecular flexibility index (Phi) is 5.93. The Morgan fingerprint density at radius 3 is 2.31 bits per heavy atom. The molecule has 0 unspecified atom stereocenters. The number of rotatable bonds is 6. The summed E-state index contributed by atoms with van der Waals surface area (Å²) in [5, 5.41) is 9.44. The normalized spacial score (nSPS) is 27.7. The molecule has 0 N–H and O–H groups in total. The van der Waals surface area contributed by atoms with E-state index in [1.165, 1.54) is 5.56 Å². The van der Waals surface area contributed by atoms with E-state index in [2.05, 4.69) is 55.4 Å². The van der Waals surface area contributed by atoms with E-state index in [0.717, 1.165) is 25.7 Å². The third-order valence-electron chi connectivity index (χ3n) is 6.88. The van der Waals surface area contributed by atoms with Gasteiger partial charge in [-0.1, -0.05) is 30.3 Å². The van der Waals surface area contributed by atoms with Crippen LogP contribution in [0.1, 0.15) is 45.1 Å². The Bertz CT molecular complexity index is 761. The lowest BCUT2D eigenvalue weighted by atomic mass is 9.68. The summed E-state index contributed by atoms with van der Waals surface area (Å²) in [6, 6.07) is 13.0. The molecule has 158 valence electrons. The van der Waals surface area contributed by atoms with E-state index in [-0.39, 0.29) is 17.1 Å². The van der Waals surface area contributed by atoms with Crippen molar-refractivity contribution in [2.75, 3.05) is 41.0 Å². The molecule has 1 aromatic carbocycles. The van der Waals surface area contributed by atoms with Crippen LogP contribution in [0.5, 0.6) is 0 Å². The number of carbonyl (C=O) groups is 1. The number of nitrogens with zero attached hydrogens (tertiary/aromatic N) is 4. The second-order valence-electron chi connectivity index (χ2n) is 9.50. The number of benzene rings is 1. The first-order chi connectivity index (χ1) is 13.7. The summed E-state index contributed by atoms with van der Waals surface area (Å²) in [6.07, 6.45) is 3.79. The number of amides is 2. The van der Waals surface area contributed by atoms with Crippen LogP contribution in [0.3, 0.4) is 0 Å². The monoisotopic (exact) mass is 398 g/mol. The van der Waals surface area contributed by atoms with E-state index in [4.69, 9.17) is 4.74 Å². The maximum atomic E-state index is 13.2. The molecule has 2 amide bonds. The van der Waals surface area contributed by atoms with Crippen molar-refractivity contribution in [2.45, 2.75) is 50.6 Å². The highest BCUT2D eigenvalue weighted by Gasteiger charge is 2.55. The van der Waals surface area contributed by atoms with Crippen molar-refractivity contribution in [3.63, 3.8) is 0 Å². The third-order valence-corrected chi connectivity index (χ3v) is 6.88. The molecule has 1 heterocycles. The van der Waals surface area contributed by atoms with E-state index in [0.29, 0.717) is 19.8 Å². The van der Waals surface area contributed by atoms with Crippen LogP contribution < -0.4 is 0 Å². The smallest absolute Gasteiger partial charge is 0.322 e. The summed E-state index contributed by atoms with van der Waals surface area (Å²) >= 11 is 0. The Morgan fingerprint density at radius 2 is 1.79 bits per heavy atom. The SMILES string of the molecule is COCN1C(=O)N(CC(C)(C)C#N)CC12CCC(c1ccccc1)(N(C)C)CC2. The van der Waals surface area contributed by atoms with E-state index in [1.807, 2.05) is 23.6 Å². The minimum atomic E-state index is -0.563. The minimum absolute atomic E-state index is 0.00719. The van der Waals surface area contributed by atoms with E-state index in [9.17, 15) is 10.1 Å². The second kappa shape index (κ2) is 7.97. The molecule has 6 nitrogen and oxygen atoms in total. The van der Waals surface area contributed by atoms with Crippen LogP contribution >= 0.6 is 0 Å². The van der Waals surface area contributed by atoms with Gasteiger partial charge >= 0.3 is 6.03 Å². The van der Waals surface area contributed by atoms with Gasteiger partial charge in [-0.2, -0.15) is 5.26 Å². The number of hydrogen-bond acceptors (Lipinski definition) is 4. The second-order valence-corrected chi connectivity index (χ2v) is 9.50. The lowest BCUT2D eigenvalue weighted by Crippen LogP contribution is -2.55. The molecule has 2 fully saturated rings. The van der Waals surface area contributed by atoms with E-state index in [1.54, 1.807) is 7.11 Å². The van der Waals surface area contributed by atoms with Crippen molar-refractivity contribution < 1.29 is 9.53 Å². The van der Waals surface area contributed by atoms with Gasteiger partial charge in [-0.15, -0.1) is 0 Å². The third kappa shape index (κ3) is 3.86. The Morgan fingerprint density at radius 1 is 1.17 bits per heavy atom. The number of hydrogen-bond donors (Lipinski definition) is 0. The fraction of sp³-hybridized carbons (Fsp3) is 0.652. The van der Waals surface area contributed by atoms with Crippen LogP contribution in [0.25, 0.3) is 0 Å². The summed E-state index contributed by atoms with van der Waals surface area (Å²) < 4.78 is 5.42. The Labute approximate surface area is 175 Å². The number of urea groups is 1. The number of methoxy groups -OCH3 is 1. The highest BCUT2D eigenvalue weighted by molar-refractivity contribution is 5.78. The lowest BCUT2D eigenvalue weighted by Gasteiger charge is -2.50. The van der Waals surface area contributed by atoms with Crippen molar-refractivity contribution >= 4 is 6.03 Å². The number of carbonyl (C=O) groups excluding carboxylic acids is 1. The first-order valence-corrected chi connectivity index (χ1v) is 10.4. The molecule has 2 aliphatic rings. The van der Waals surface area contributed by atoms with Crippen molar-refractivity contribution in [3.8, 4) is 6.07 Å². The zero-order valence-electron chi connectivity index (χ0n) is 18.4. The van der Waals surface area contributed by atoms with Crippen LogP contribution in [-0.2, 0) is 10.3 Å². The minimum Gasteiger partial charge on any atom is -0.364 e. The first-order valence-electron chi connectivity index (χ1n) is 10.4. The van der Waals surface area contributed by atoms with Crippen molar-refractivity contribution in [2.24, 2.45) is 5.41 Å². The topological polar surface area (TPSA) is 59.8 Å². The van der Waals surface area contributed by atoms with Gasteiger partial charge in [-0.25, -0.2) is 4.79 Å². The molecule has 1 aromatic rings. The molecule has 3 rings (SSSR count). The maximum absolute atomic E-state index is 13.2. The van der Waals surface area contributed by atoms with Crippen LogP contribution in [0.4, 0.5) is 4.79 Å². The van der Waals surface area contributed by atoms with Gasteiger partial charge in [-0.3, -0.25) is 9.80 Å². The summed E-state index contributed by atoms with van der Waals surface area (Å²) in [4.78, 5) is 19.3. The zero-order valence-corrected chi connectivity index (χ0v) is 18.4. The van der Waals surface area contributed by atoms with E-state index >= 15 is 0 Å². The summed E-state index contributed by atoms with van der Waals surface area (Å²) in [5.41, 5.74) is 0.525. The van der Waals surface area contributed by atoms with Gasteiger partial charge in [0.05, 0.1) is 17.0 Å². The van der Waals surface area contributed by atoms with Crippen LogP contribution in [0.2, 0.25) is 0 Å². The fourth-order valence-electron chi connectivity index (χ4n) is 5.14. The average Bonchev–Trinajstić information content (AvgIpc) is 2.94. The van der Waals surface area contributed by atoms with Gasteiger partial charge in [0.1, 0.15) is 6.73 Å². The van der Waals surface area contributed by atoms with Gasteiger partial charge in [-0.05, 0) is 59.2 Å². The largest absolute Gasteiger partial charge is 0.364 e. The number of ether oxygens (including phenoxy) is 1. The molecule has 29 heavy (non-hydrogen) atoms. The van der Waals surface area contributed by atoms with Gasteiger partial charge in [0.25, 0.3) is 0 Å². The lowest BCUT2D eigenvalue weighted by molar-refractivity contribution is -0.0156. The predicted molar refractivity (Wildman–Crippen MR) is 113 cm³/mol. The highest BCUT2D eigenvalue weighted by Crippen LogP contribution is 2.49. The van der Waals surface area contributed by atoms with E-state index < -0.39 is 5.41 Å². The number of nitriles is 1. The molecule has 6 heteroatoms. The Hall–Kier alpha value is -2.10. The highest BCUT2D eigenvalue weighted by atomic mass is 16.5. The summed E-state index contributed by atoms with van der Waals surface area (Å²) in [7, 11) is 5.94. The molecule has 1 saturated carbocycles. The Balaban J connectivity index is 1.86. The van der Waals surface area contributed by atoms with Crippen molar-refractivity contribution in [1.82, 2.24) is 14.7 Å². The van der Waals surface area contributed by atoms with Crippen LogP contribution in [0.15, 0.2) is 30.3 Å². The maximum Gasteiger partial charge on any atom is 0.322 e. The first kappa shape index (κ1) is 21.6. The molecule has 1 saturated heterocycles. The summed E-state index contributed by atoms with van der Waals surface area (Å²) in [6.45, 7) is 5.18. The predicted octanol–water partition coefficient (Wildman–Crippen LogP) is 3.65. The standard InChI is InChI=1S/C23H34N4O2/c1-21(2,15-24)16-26-17-22(27(18-29-5)20(26)28)11-13-23(14-12-22,25(3)4)19-9-7-6-8-10-19/h6-10H,11-14,16-18H2,1-5H3. The molecular weight excluding hydrogens is 364 g/mol. The van der Waals surface area contributed by atoms with Crippen LogP contribution in [-0.4, -0.2) is 67.3 Å². The molecule has 1 aliphatic heterocycles. The molecule has 1 spiro atoms. The van der Waals surface area contributed by atoms with Crippen molar-refractivity contribution in [1.29, 1.82) is 5.26 Å². The molecule has 0 radical (unpaired) electrons. The van der Waals surface area contributed by atoms with Crippen LogP contribution in [0, 0.1) is 16.7 Å². The summed E-state index contributed by atoms with van der Waals surface area (Å²) in [5.74, 6) is 0. The van der Waals surface area contributed by atoms with Gasteiger partial charge < -0.3 is 9.64 Å². The molecular formula is C23H34N4O2. The van der Waals surface area contributed by atoms with Gasteiger partial charge in [0.2, 0.25) is 0 Å². The average molecular weight is 399 g/mol. The molecule has 0 aromatic heterocycles. The molecule has 0 bridgehead atoms.